The molecule has 130 valence electrons. The van der Waals surface area contributed by atoms with Crippen molar-refractivity contribution in [1.29, 1.82) is 0 Å². The Kier molecular flexibility index (Phi) is 3.81. The second-order valence-corrected chi connectivity index (χ2v) is 7.59. The van der Waals surface area contributed by atoms with Gasteiger partial charge in [-0.25, -0.2) is 13.4 Å². The summed E-state index contributed by atoms with van der Waals surface area (Å²) in [6.07, 6.45) is 2.72. The van der Waals surface area contributed by atoms with Crippen LogP contribution in [0.3, 0.4) is 0 Å². The van der Waals surface area contributed by atoms with E-state index < -0.39 is 10.0 Å². The number of rotatable bonds is 3. The molecule has 1 saturated heterocycles. The number of carbonyl (C=O) groups is 1. The standard InChI is InChI=1S/C16H15N3O5S/c20-16(14-2-1-9-23-14)18-5-7-19(8-6-18)25(21,22)12-3-4-13-15(10-12)24-11-17-13/h1-4,9-11H,5-8H2. The Balaban J connectivity index is 1.50. The highest BCUT2D eigenvalue weighted by atomic mass is 32.2. The highest BCUT2D eigenvalue weighted by Crippen LogP contribution is 2.22. The van der Waals surface area contributed by atoms with Gasteiger partial charge in [-0.1, -0.05) is 0 Å². The van der Waals surface area contributed by atoms with Gasteiger partial charge in [-0.05, 0) is 24.3 Å². The molecule has 0 saturated carbocycles. The summed E-state index contributed by atoms with van der Waals surface area (Å²) in [4.78, 5) is 18.0. The molecular formula is C16H15N3O5S. The zero-order chi connectivity index (χ0) is 17.4. The summed E-state index contributed by atoms with van der Waals surface area (Å²) in [5.74, 6) is 0.0252. The van der Waals surface area contributed by atoms with Crippen molar-refractivity contribution in [1.82, 2.24) is 14.2 Å². The third kappa shape index (κ3) is 2.81. The average Bonchev–Trinajstić information content (AvgIpc) is 3.32. The van der Waals surface area contributed by atoms with Gasteiger partial charge < -0.3 is 13.7 Å². The zero-order valence-corrected chi connectivity index (χ0v) is 14.0. The third-order valence-electron chi connectivity index (χ3n) is 4.20. The van der Waals surface area contributed by atoms with Crippen molar-refractivity contribution in [3.63, 3.8) is 0 Å². The Morgan fingerprint density at radius 3 is 2.60 bits per heavy atom. The van der Waals surface area contributed by atoms with E-state index in [1.807, 2.05) is 0 Å². The van der Waals surface area contributed by atoms with Crippen molar-refractivity contribution < 1.29 is 22.0 Å². The number of nitrogens with zero attached hydrogens (tertiary/aromatic N) is 3. The van der Waals surface area contributed by atoms with Crippen LogP contribution in [0.2, 0.25) is 0 Å². The predicted octanol–water partition coefficient (Wildman–Crippen LogP) is 1.57. The first-order valence-corrected chi connectivity index (χ1v) is 9.16. The van der Waals surface area contributed by atoms with Gasteiger partial charge in [0.1, 0.15) is 5.52 Å². The maximum Gasteiger partial charge on any atom is 0.289 e. The highest BCUT2D eigenvalue weighted by molar-refractivity contribution is 7.89. The minimum Gasteiger partial charge on any atom is -0.459 e. The number of benzene rings is 1. The molecule has 1 aliphatic heterocycles. The fourth-order valence-electron chi connectivity index (χ4n) is 2.83. The first-order valence-electron chi connectivity index (χ1n) is 7.72. The lowest BCUT2D eigenvalue weighted by Crippen LogP contribution is -2.50. The lowest BCUT2D eigenvalue weighted by molar-refractivity contribution is 0.0666. The lowest BCUT2D eigenvalue weighted by Gasteiger charge is -2.33. The fraction of sp³-hybridized carbons (Fsp3) is 0.250. The molecule has 0 atom stereocenters. The highest BCUT2D eigenvalue weighted by Gasteiger charge is 2.31. The Bertz CT molecular complexity index is 1000. The molecule has 3 heterocycles. The smallest absolute Gasteiger partial charge is 0.289 e. The number of oxazole rings is 1. The first-order chi connectivity index (χ1) is 12.1. The molecule has 1 fully saturated rings. The summed E-state index contributed by atoms with van der Waals surface area (Å²) in [6, 6.07) is 7.84. The molecule has 0 unspecified atom stereocenters. The Labute approximate surface area is 143 Å². The third-order valence-corrected chi connectivity index (χ3v) is 6.09. The van der Waals surface area contributed by atoms with Crippen molar-refractivity contribution in [2.45, 2.75) is 4.90 Å². The van der Waals surface area contributed by atoms with Crippen LogP contribution in [-0.2, 0) is 10.0 Å². The van der Waals surface area contributed by atoms with E-state index in [0.29, 0.717) is 24.2 Å². The predicted molar refractivity (Wildman–Crippen MR) is 87.4 cm³/mol. The Hall–Kier alpha value is -2.65. The van der Waals surface area contributed by atoms with E-state index in [-0.39, 0.29) is 29.7 Å². The van der Waals surface area contributed by atoms with Gasteiger partial charge in [0, 0.05) is 32.2 Å². The van der Waals surface area contributed by atoms with E-state index in [0.717, 1.165) is 0 Å². The molecule has 1 aromatic carbocycles. The SMILES string of the molecule is O=C(c1ccco1)N1CCN(S(=O)(=O)c2ccc3ncoc3c2)CC1. The average molecular weight is 361 g/mol. The molecule has 2 aromatic heterocycles. The monoisotopic (exact) mass is 361 g/mol. The van der Waals surface area contributed by atoms with Gasteiger partial charge in [-0.2, -0.15) is 4.31 Å². The molecule has 4 rings (SSSR count). The van der Waals surface area contributed by atoms with Crippen LogP contribution >= 0.6 is 0 Å². The Morgan fingerprint density at radius 2 is 1.88 bits per heavy atom. The van der Waals surface area contributed by atoms with Crippen LogP contribution in [0.5, 0.6) is 0 Å². The molecule has 0 N–H and O–H groups in total. The van der Waals surface area contributed by atoms with Crippen molar-refractivity contribution in [2.24, 2.45) is 0 Å². The maximum absolute atomic E-state index is 12.8. The lowest BCUT2D eigenvalue weighted by atomic mass is 10.3. The van der Waals surface area contributed by atoms with Crippen LogP contribution in [0.15, 0.2) is 56.7 Å². The van der Waals surface area contributed by atoms with E-state index in [4.69, 9.17) is 8.83 Å². The summed E-state index contributed by atoms with van der Waals surface area (Å²) in [5.41, 5.74) is 1.03. The van der Waals surface area contributed by atoms with Gasteiger partial charge in [0.05, 0.1) is 11.2 Å². The molecule has 8 nitrogen and oxygen atoms in total. The van der Waals surface area contributed by atoms with Gasteiger partial charge in [0.25, 0.3) is 5.91 Å². The summed E-state index contributed by atoms with van der Waals surface area (Å²) in [7, 11) is -3.65. The summed E-state index contributed by atoms with van der Waals surface area (Å²) >= 11 is 0. The fourth-order valence-corrected chi connectivity index (χ4v) is 4.27. The largest absolute Gasteiger partial charge is 0.459 e. The molecule has 1 amide bonds. The number of furan rings is 1. The first kappa shape index (κ1) is 15.9. The number of hydrogen-bond donors (Lipinski definition) is 0. The van der Waals surface area contributed by atoms with Crippen LogP contribution in [0, 0.1) is 0 Å². The van der Waals surface area contributed by atoms with Gasteiger partial charge in [-0.15, -0.1) is 0 Å². The van der Waals surface area contributed by atoms with Crippen molar-refractivity contribution in [3.8, 4) is 0 Å². The van der Waals surface area contributed by atoms with E-state index >= 15 is 0 Å². The molecule has 3 aromatic rings. The maximum atomic E-state index is 12.8. The second kappa shape index (κ2) is 6.01. The van der Waals surface area contributed by atoms with Crippen LogP contribution in [0.4, 0.5) is 0 Å². The topological polar surface area (TPSA) is 96.9 Å². The van der Waals surface area contributed by atoms with Gasteiger partial charge >= 0.3 is 0 Å². The number of carbonyl (C=O) groups excluding carboxylic acids is 1. The normalized spacial score (nSPS) is 16.4. The summed E-state index contributed by atoms with van der Waals surface area (Å²) < 4.78 is 37.3. The van der Waals surface area contributed by atoms with Gasteiger partial charge in [0.15, 0.2) is 17.7 Å². The van der Waals surface area contributed by atoms with Crippen LogP contribution in [0.1, 0.15) is 10.6 Å². The molecule has 0 bridgehead atoms. The molecule has 9 heteroatoms. The quantitative estimate of drug-likeness (QED) is 0.702. The second-order valence-electron chi connectivity index (χ2n) is 5.66. The van der Waals surface area contributed by atoms with Crippen LogP contribution in [-0.4, -0.2) is 54.7 Å². The molecule has 0 aliphatic carbocycles. The van der Waals surface area contributed by atoms with Crippen molar-refractivity contribution >= 4 is 27.0 Å². The molecule has 1 aliphatic rings. The number of sulfonamides is 1. The van der Waals surface area contributed by atoms with Gasteiger partial charge in [0.2, 0.25) is 10.0 Å². The van der Waals surface area contributed by atoms with E-state index in [2.05, 4.69) is 4.98 Å². The van der Waals surface area contributed by atoms with Crippen LogP contribution in [0.25, 0.3) is 11.1 Å². The van der Waals surface area contributed by atoms with Crippen LogP contribution < -0.4 is 0 Å². The van der Waals surface area contributed by atoms with E-state index in [9.17, 15) is 13.2 Å². The Morgan fingerprint density at radius 1 is 1.08 bits per heavy atom. The minimum atomic E-state index is -3.65. The zero-order valence-electron chi connectivity index (χ0n) is 13.2. The number of piperazine rings is 1. The molecule has 0 spiro atoms. The summed E-state index contributed by atoms with van der Waals surface area (Å²) in [6.45, 7) is 1.07. The summed E-state index contributed by atoms with van der Waals surface area (Å²) in [5, 5.41) is 0. The number of amides is 1. The molecule has 25 heavy (non-hydrogen) atoms. The molecular weight excluding hydrogens is 346 g/mol. The van der Waals surface area contributed by atoms with E-state index in [1.54, 1.807) is 23.1 Å². The molecule has 0 radical (unpaired) electrons. The minimum absolute atomic E-state index is 0.155. The number of hydrogen-bond acceptors (Lipinski definition) is 6. The number of fused-ring (bicyclic) bond motifs is 1. The van der Waals surface area contributed by atoms with E-state index in [1.165, 1.54) is 29.1 Å². The van der Waals surface area contributed by atoms with Gasteiger partial charge in [-0.3, -0.25) is 4.79 Å². The van der Waals surface area contributed by atoms with Crippen molar-refractivity contribution in [2.75, 3.05) is 26.2 Å². The number of aromatic nitrogens is 1. The van der Waals surface area contributed by atoms with Crippen molar-refractivity contribution in [3.05, 3.63) is 48.7 Å².